The number of carbonyl (C=O) groups excluding carboxylic acids is 1. The fraction of sp³-hybridized carbons (Fsp3) is 0.438. The van der Waals surface area contributed by atoms with Gasteiger partial charge in [-0.1, -0.05) is 6.07 Å². The van der Waals surface area contributed by atoms with E-state index >= 15 is 0 Å². The fourth-order valence-corrected chi connectivity index (χ4v) is 2.47. The van der Waals surface area contributed by atoms with Crippen LogP contribution >= 0.6 is 0 Å². The van der Waals surface area contributed by atoms with Gasteiger partial charge in [-0.05, 0) is 31.9 Å². The number of hydrogen-bond acceptors (Lipinski definition) is 3. The molecule has 1 fully saturated rings. The number of amides is 2. The molecule has 1 aliphatic rings. The van der Waals surface area contributed by atoms with Gasteiger partial charge < -0.3 is 14.8 Å². The van der Waals surface area contributed by atoms with Crippen molar-refractivity contribution in [1.82, 2.24) is 24.8 Å². The summed E-state index contributed by atoms with van der Waals surface area (Å²) >= 11 is 0. The maximum Gasteiger partial charge on any atom is 0.318 e. The number of carbonyl (C=O) groups is 1. The predicted molar refractivity (Wildman–Crippen MR) is 83.0 cm³/mol. The first-order chi connectivity index (χ1) is 10.7. The maximum atomic E-state index is 12.5. The number of imidazole rings is 1. The summed E-state index contributed by atoms with van der Waals surface area (Å²) in [5, 5.41) is 3.07. The fourth-order valence-electron chi connectivity index (χ4n) is 2.47. The average molecular weight is 299 g/mol. The highest BCUT2D eigenvalue weighted by Gasteiger charge is 2.33. The Morgan fingerprint density at radius 2 is 2.32 bits per heavy atom. The summed E-state index contributed by atoms with van der Waals surface area (Å²) in [5.41, 5.74) is 0.923. The Hall–Kier alpha value is -2.37. The molecule has 116 valence electrons. The minimum atomic E-state index is -0.0132. The molecule has 0 bridgehead atoms. The highest BCUT2D eigenvalue weighted by molar-refractivity contribution is 5.75. The number of rotatable bonds is 6. The second-order valence-corrected chi connectivity index (χ2v) is 5.79. The van der Waals surface area contributed by atoms with Crippen molar-refractivity contribution in [1.29, 1.82) is 0 Å². The molecule has 1 saturated carbocycles. The van der Waals surface area contributed by atoms with E-state index in [0.717, 1.165) is 18.5 Å². The molecule has 2 amide bonds. The lowest BCUT2D eigenvalue weighted by atomic mass is 10.3. The van der Waals surface area contributed by atoms with Gasteiger partial charge in [0.1, 0.15) is 0 Å². The molecule has 2 heterocycles. The monoisotopic (exact) mass is 299 g/mol. The Morgan fingerprint density at radius 3 is 2.95 bits per heavy atom. The van der Waals surface area contributed by atoms with Gasteiger partial charge in [0.15, 0.2) is 0 Å². The van der Waals surface area contributed by atoms with Crippen molar-refractivity contribution >= 4 is 6.03 Å². The Kier molecular flexibility index (Phi) is 4.37. The van der Waals surface area contributed by atoms with E-state index in [1.807, 2.05) is 40.8 Å². The summed E-state index contributed by atoms with van der Waals surface area (Å²) in [6.07, 6.45) is 9.32. The van der Waals surface area contributed by atoms with E-state index in [2.05, 4.69) is 15.3 Å². The van der Waals surface area contributed by atoms with Gasteiger partial charge in [-0.2, -0.15) is 0 Å². The van der Waals surface area contributed by atoms with Crippen LogP contribution < -0.4 is 5.32 Å². The van der Waals surface area contributed by atoms with Crippen LogP contribution in [-0.2, 0) is 13.1 Å². The lowest BCUT2D eigenvalue weighted by Gasteiger charge is -2.25. The van der Waals surface area contributed by atoms with Crippen molar-refractivity contribution in [3.8, 4) is 0 Å². The molecule has 1 N–H and O–H groups in total. The molecule has 0 radical (unpaired) electrons. The van der Waals surface area contributed by atoms with Crippen LogP contribution in [0.15, 0.2) is 43.1 Å². The van der Waals surface area contributed by atoms with Crippen LogP contribution in [0.4, 0.5) is 4.79 Å². The van der Waals surface area contributed by atoms with Gasteiger partial charge in [-0.15, -0.1) is 0 Å². The third-order valence-electron chi connectivity index (χ3n) is 3.72. The number of pyridine rings is 1. The molecule has 6 nitrogen and oxygen atoms in total. The topological polar surface area (TPSA) is 63.1 Å². The van der Waals surface area contributed by atoms with Gasteiger partial charge in [-0.3, -0.25) is 4.98 Å². The van der Waals surface area contributed by atoms with Crippen LogP contribution in [0.1, 0.15) is 25.5 Å². The molecule has 3 rings (SSSR count). The van der Waals surface area contributed by atoms with Gasteiger partial charge in [0, 0.05) is 37.2 Å². The van der Waals surface area contributed by atoms with Gasteiger partial charge in [0.05, 0.1) is 18.6 Å². The molecule has 0 unspecified atom stereocenters. The smallest absolute Gasteiger partial charge is 0.318 e. The van der Waals surface area contributed by atoms with E-state index in [1.54, 1.807) is 18.7 Å². The number of hydrogen-bond donors (Lipinski definition) is 1. The van der Waals surface area contributed by atoms with Crippen molar-refractivity contribution in [3.05, 3.63) is 48.8 Å². The van der Waals surface area contributed by atoms with Gasteiger partial charge >= 0.3 is 6.03 Å². The SMILES string of the molecule is C[C@@H](Cn1ccnc1)NC(=O)N(Cc1ccccn1)C1CC1. The molecule has 6 heteroatoms. The second kappa shape index (κ2) is 6.60. The highest BCUT2D eigenvalue weighted by atomic mass is 16.2. The van der Waals surface area contributed by atoms with Crippen LogP contribution in [0.2, 0.25) is 0 Å². The van der Waals surface area contributed by atoms with Crippen LogP contribution in [0.25, 0.3) is 0 Å². The Balaban J connectivity index is 1.58. The van der Waals surface area contributed by atoms with E-state index in [0.29, 0.717) is 19.1 Å². The largest absolute Gasteiger partial charge is 0.335 e. The predicted octanol–water partition coefficient (Wildman–Crippen LogP) is 2.04. The van der Waals surface area contributed by atoms with Crippen LogP contribution in [0, 0.1) is 0 Å². The van der Waals surface area contributed by atoms with E-state index in [-0.39, 0.29) is 12.1 Å². The third-order valence-corrected chi connectivity index (χ3v) is 3.72. The summed E-state index contributed by atoms with van der Waals surface area (Å²) in [7, 11) is 0. The van der Waals surface area contributed by atoms with E-state index < -0.39 is 0 Å². The highest BCUT2D eigenvalue weighted by Crippen LogP contribution is 2.28. The second-order valence-electron chi connectivity index (χ2n) is 5.79. The number of aromatic nitrogens is 3. The quantitative estimate of drug-likeness (QED) is 0.888. The summed E-state index contributed by atoms with van der Waals surface area (Å²) in [6.45, 7) is 3.28. The van der Waals surface area contributed by atoms with Crippen LogP contribution in [0.3, 0.4) is 0 Å². The molecule has 22 heavy (non-hydrogen) atoms. The minimum Gasteiger partial charge on any atom is -0.335 e. The van der Waals surface area contributed by atoms with Gasteiger partial charge in [-0.25, -0.2) is 9.78 Å². The van der Waals surface area contributed by atoms with Crippen molar-refractivity contribution in [2.45, 2.75) is 44.9 Å². The molecule has 2 aromatic heterocycles. The summed E-state index contributed by atoms with van der Waals surface area (Å²) < 4.78 is 1.96. The zero-order valence-corrected chi connectivity index (χ0v) is 12.7. The molecular formula is C16H21N5O. The average Bonchev–Trinajstić information content (AvgIpc) is 3.23. The summed E-state index contributed by atoms with van der Waals surface area (Å²) in [5.74, 6) is 0. The zero-order valence-electron chi connectivity index (χ0n) is 12.7. The van der Waals surface area contributed by atoms with E-state index in [9.17, 15) is 4.79 Å². The molecule has 1 aliphatic carbocycles. The van der Waals surface area contributed by atoms with E-state index in [1.165, 1.54) is 0 Å². The first-order valence-electron chi connectivity index (χ1n) is 7.65. The van der Waals surface area contributed by atoms with Crippen LogP contribution in [-0.4, -0.2) is 37.5 Å². The van der Waals surface area contributed by atoms with Crippen molar-refractivity contribution in [3.63, 3.8) is 0 Å². The third kappa shape index (κ3) is 3.84. The number of nitrogens with one attached hydrogen (secondary N) is 1. The lowest BCUT2D eigenvalue weighted by molar-refractivity contribution is 0.186. The Morgan fingerprint density at radius 1 is 1.45 bits per heavy atom. The summed E-state index contributed by atoms with van der Waals surface area (Å²) in [4.78, 5) is 22.8. The van der Waals surface area contributed by atoms with E-state index in [4.69, 9.17) is 0 Å². The minimum absolute atomic E-state index is 0.0132. The van der Waals surface area contributed by atoms with Gasteiger partial charge in [0.25, 0.3) is 0 Å². The molecule has 0 saturated heterocycles. The van der Waals surface area contributed by atoms with Crippen molar-refractivity contribution in [2.75, 3.05) is 0 Å². The van der Waals surface area contributed by atoms with Gasteiger partial charge in [0.2, 0.25) is 0 Å². The molecule has 0 aliphatic heterocycles. The number of nitrogens with zero attached hydrogens (tertiary/aromatic N) is 4. The van der Waals surface area contributed by atoms with Crippen molar-refractivity contribution in [2.24, 2.45) is 0 Å². The number of urea groups is 1. The standard InChI is InChI=1S/C16H21N5O/c1-13(10-20-9-8-17-12-20)19-16(22)21(15-5-6-15)11-14-4-2-3-7-18-14/h2-4,7-9,12-13,15H,5-6,10-11H2,1H3,(H,19,22)/t13-/m0/s1. The molecule has 1 atom stereocenters. The van der Waals surface area contributed by atoms with Crippen molar-refractivity contribution < 1.29 is 4.79 Å². The Bertz CT molecular complexity index is 594. The first-order valence-corrected chi connectivity index (χ1v) is 7.65. The Labute approximate surface area is 130 Å². The molecular weight excluding hydrogens is 278 g/mol. The lowest BCUT2D eigenvalue weighted by Crippen LogP contribution is -2.45. The van der Waals surface area contributed by atoms with Crippen LogP contribution in [0.5, 0.6) is 0 Å². The first kappa shape index (κ1) is 14.6. The maximum absolute atomic E-state index is 12.5. The molecule has 2 aromatic rings. The zero-order chi connectivity index (χ0) is 15.4. The molecule has 0 aromatic carbocycles. The summed E-state index contributed by atoms with van der Waals surface area (Å²) in [6, 6.07) is 6.18. The normalized spacial score (nSPS) is 15.3. The molecule has 0 spiro atoms.